The lowest BCUT2D eigenvalue weighted by Gasteiger charge is -2.14. The molecule has 1 N–H and O–H groups in total. The van der Waals surface area contributed by atoms with Crippen LogP contribution >= 0.6 is 0 Å². The molecule has 1 fully saturated rings. The molecule has 0 unspecified atom stereocenters. The summed E-state index contributed by atoms with van der Waals surface area (Å²) in [5.41, 5.74) is 1.28. The van der Waals surface area contributed by atoms with Crippen LogP contribution in [0.5, 0.6) is 5.75 Å². The zero-order valence-electron chi connectivity index (χ0n) is 14.0. The summed E-state index contributed by atoms with van der Waals surface area (Å²) in [5.74, 6) is 1.39. The highest BCUT2D eigenvalue weighted by molar-refractivity contribution is 5.92. The van der Waals surface area contributed by atoms with E-state index in [2.05, 4.69) is 15.5 Å². The van der Waals surface area contributed by atoms with Gasteiger partial charge in [0.1, 0.15) is 5.75 Å². The molecule has 1 aliphatic heterocycles. The van der Waals surface area contributed by atoms with Gasteiger partial charge in [-0.05, 0) is 63.1 Å². The molecule has 1 saturated heterocycles. The van der Waals surface area contributed by atoms with Gasteiger partial charge in [0.05, 0.1) is 6.10 Å². The standard InChI is InChI=1S/C18H22N4O2/c1-13(2)24-15-7-5-14(6-8-15)19-17-10-9-16(20-21-17)18(23)22-11-3-4-12-22/h5-10,13H,3-4,11-12H2,1-2H3,(H,19,21). The van der Waals surface area contributed by atoms with Crippen molar-refractivity contribution in [3.8, 4) is 5.75 Å². The van der Waals surface area contributed by atoms with E-state index < -0.39 is 0 Å². The molecule has 0 aliphatic carbocycles. The monoisotopic (exact) mass is 326 g/mol. The number of anilines is 2. The van der Waals surface area contributed by atoms with Crippen molar-refractivity contribution < 1.29 is 9.53 Å². The topological polar surface area (TPSA) is 67.3 Å². The third-order valence-electron chi connectivity index (χ3n) is 3.78. The van der Waals surface area contributed by atoms with Gasteiger partial charge >= 0.3 is 0 Å². The first-order valence-corrected chi connectivity index (χ1v) is 8.28. The summed E-state index contributed by atoms with van der Waals surface area (Å²) in [6.07, 6.45) is 2.28. The highest BCUT2D eigenvalue weighted by Crippen LogP contribution is 2.20. The maximum absolute atomic E-state index is 12.2. The van der Waals surface area contributed by atoms with Crippen LogP contribution in [0.2, 0.25) is 0 Å². The van der Waals surface area contributed by atoms with Crippen molar-refractivity contribution in [3.05, 3.63) is 42.1 Å². The van der Waals surface area contributed by atoms with E-state index in [-0.39, 0.29) is 12.0 Å². The highest BCUT2D eigenvalue weighted by Gasteiger charge is 2.20. The third kappa shape index (κ3) is 4.01. The molecule has 0 bridgehead atoms. The van der Waals surface area contributed by atoms with E-state index in [0.717, 1.165) is 37.4 Å². The smallest absolute Gasteiger partial charge is 0.274 e. The fraction of sp³-hybridized carbons (Fsp3) is 0.389. The first kappa shape index (κ1) is 16.2. The van der Waals surface area contributed by atoms with E-state index in [1.165, 1.54) is 0 Å². The van der Waals surface area contributed by atoms with Gasteiger partial charge in [-0.3, -0.25) is 4.79 Å². The number of rotatable bonds is 5. The van der Waals surface area contributed by atoms with Gasteiger partial charge in [0, 0.05) is 18.8 Å². The molecule has 1 aromatic heterocycles. The van der Waals surface area contributed by atoms with Crippen LogP contribution in [0.15, 0.2) is 36.4 Å². The summed E-state index contributed by atoms with van der Waals surface area (Å²) < 4.78 is 5.61. The number of hydrogen-bond acceptors (Lipinski definition) is 5. The number of aromatic nitrogens is 2. The molecule has 0 saturated carbocycles. The highest BCUT2D eigenvalue weighted by atomic mass is 16.5. The Hall–Kier alpha value is -2.63. The number of carbonyl (C=O) groups is 1. The van der Waals surface area contributed by atoms with Crippen molar-refractivity contribution in [2.45, 2.75) is 32.8 Å². The lowest BCUT2D eigenvalue weighted by molar-refractivity contribution is 0.0786. The van der Waals surface area contributed by atoms with Crippen LogP contribution in [0.1, 0.15) is 37.2 Å². The second-order valence-electron chi connectivity index (χ2n) is 6.12. The van der Waals surface area contributed by atoms with Crippen LogP contribution in [0.4, 0.5) is 11.5 Å². The first-order valence-electron chi connectivity index (χ1n) is 8.28. The summed E-state index contributed by atoms with van der Waals surface area (Å²) in [6, 6.07) is 11.1. The van der Waals surface area contributed by atoms with Gasteiger partial charge in [0.25, 0.3) is 5.91 Å². The van der Waals surface area contributed by atoms with E-state index in [1.807, 2.05) is 43.0 Å². The van der Waals surface area contributed by atoms with Crippen LogP contribution in [0.25, 0.3) is 0 Å². The summed E-state index contributed by atoms with van der Waals surface area (Å²) >= 11 is 0. The Kier molecular flexibility index (Phi) is 4.93. The molecule has 6 nitrogen and oxygen atoms in total. The van der Waals surface area contributed by atoms with Gasteiger partial charge in [0.15, 0.2) is 11.5 Å². The number of carbonyl (C=O) groups excluding carboxylic acids is 1. The van der Waals surface area contributed by atoms with E-state index in [0.29, 0.717) is 11.5 Å². The van der Waals surface area contributed by atoms with Gasteiger partial charge in [-0.15, -0.1) is 10.2 Å². The molecule has 2 aromatic rings. The average molecular weight is 326 g/mol. The predicted octanol–water partition coefficient (Wildman–Crippen LogP) is 3.24. The van der Waals surface area contributed by atoms with Gasteiger partial charge in [-0.1, -0.05) is 0 Å². The molecule has 0 atom stereocenters. The molecular formula is C18H22N4O2. The quantitative estimate of drug-likeness (QED) is 0.913. The SMILES string of the molecule is CC(C)Oc1ccc(Nc2ccc(C(=O)N3CCCC3)nn2)cc1. The lowest BCUT2D eigenvalue weighted by Crippen LogP contribution is -2.28. The summed E-state index contributed by atoms with van der Waals surface area (Å²) in [5, 5.41) is 11.3. The molecular weight excluding hydrogens is 304 g/mol. The first-order chi connectivity index (χ1) is 11.6. The minimum absolute atomic E-state index is 0.0401. The number of hydrogen-bond donors (Lipinski definition) is 1. The average Bonchev–Trinajstić information content (AvgIpc) is 3.11. The second-order valence-corrected chi connectivity index (χ2v) is 6.12. The van der Waals surface area contributed by atoms with Crippen LogP contribution in [0.3, 0.4) is 0 Å². The second kappa shape index (κ2) is 7.29. The van der Waals surface area contributed by atoms with Crippen molar-refractivity contribution in [1.82, 2.24) is 15.1 Å². The Morgan fingerprint density at radius 2 is 1.79 bits per heavy atom. The summed E-state index contributed by atoms with van der Waals surface area (Å²) in [7, 11) is 0. The van der Waals surface area contributed by atoms with Crippen molar-refractivity contribution in [1.29, 1.82) is 0 Å². The largest absolute Gasteiger partial charge is 0.491 e. The zero-order chi connectivity index (χ0) is 16.9. The van der Waals surface area contributed by atoms with Crippen LogP contribution in [-0.2, 0) is 0 Å². The molecule has 3 rings (SSSR count). The molecule has 1 aliphatic rings. The minimum Gasteiger partial charge on any atom is -0.491 e. The number of amides is 1. The number of likely N-dealkylation sites (tertiary alicyclic amines) is 1. The molecule has 24 heavy (non-hydrogen) atoms. The molecule has 0 radical (unpaired) electrons. The Bertz CT molecular complexity index is 677. The number of nitrogens with one attached hydrogen (secondary N) is 1. The van der Waals surface area contributed by atoms with Gasteiger partial charge < -0.3 is 15.0 Å². The third-order valence-corrected chi connectivity index (χ3v) is 3.78. The minimum atomic E-state index is -0.0401. The Morgan fingerprint density at radius 1 is 1.08 bits per heavy atom. The normalized spacial score (nSPS) is 14.0. The maximum atomic E-state index is 12.2. The van der Waals surface area contributed by atoms with E-state index in [4.69, 9.17) is 4.74 Å². The van der Waals surface area contributed by atoms with Gasteiger partial charge in [-0.25, -0.2) is 0 Å². The number of ether oxygens (including phenoxy) is 1. The number of nitrogens with zero attached hydrogens (tertiary/aromatic N) is 3. The Labute approximate surface area is 141 Å². The maximum Gasteiger partial charge on any atom is 0.274 e. The molecule has 0 spiro atoms. The fourth-order valence-corrected chi connectivity index (χ4v) is 2.63. The van der Waals surface area contributed by atoms with Crippen LogP contribution in [-0.4, -0.2) is 40.2 Å². The predicted molar refractivity (Wildman–Crippen MR) is 92.7 cm³/mol. The Balaban J connectivity index is 1.62. The van der Waals surface area contributed by atoms with E-state index in [1.54, 1.807) is 12.1 Å². The lowest BCUT2D eigenvalue weighted by atomic mass is 10.3. The fourth-order valence-electron chi connectivity index (χ4n) is 2.63. The summed E-state index contributed by atoms with van der Waals surface area (Å²) in [6.45, 7) is 5.61. The molecule has 6 heteroatoms. The Morgan fingerprint density at radius 3 is 2.38 bits per heavy atom. The summed E-state index contributed by atoms with van der Waals surface area (Å²) in [4.78, 5) is 14.1. The van der Waals surface area contributed by atoms with E-state index in [9.17, 15) is 4.79 Å². The number of benzene rings is 1. The van der Waals surface area contributed by atoms with Crippen molar-refractivity contribution >= 4 is 17.4 Å². The van der Waals surface area contributed by atoms with Crippen molar-refractivity contribution in [3.63, 3.8) is 0 Å². The molecule has 2 heterocycles. The van der Waals surface area contributed by atoms with Gasteiger partial charge in [-0.2, -0.15) is 0 Å². The zero-order valence-corrected chi connectivity index (χ0v) is 14.0. The van der Waals surface area contributed by atoms with Crippen molar-refractivity contribution in [2.75, 3.05) is 18.4 Å². The van der Waals surface area contributed by atoms with Crippen molar-refractivity contribution in [2.24, 2.45) is 0 Å². The van der Waals surface area contributed by atoms with Gasteiger partial charge in [0.2, 0.25) is 0 Å². The molecule has 1 aromatic carbocycles. The van der Waals surface area contributed by atoms with Crippen LogP contribution < -0.4 is 10.1 Å². The molecule has 1 amide bonds. The van der Waals surface area contributed by atoms with E-state index >= 15 is 0 Å². The molecule has 126 valence electrons. The van der Waals surface area contributed by atoms with Crippen LogP contribution in [0, 0.1) is 0 Å².